The lowest BCUT2D eigenvalue weighted by molar-refractivity contribution is -0.147. The molecule has 0 spiro atoms. The van der Waals surface area contributed by atoms with Gasteiger partial charge in [0.25, 0.3) is 0 Å². The van der Waals surface area contributed by atoms with Crippen molar-refractivity contribution in [2.24, 2.45) is 0 Å². The summed E-state index contributed by atoms with van der Waals surface area (Å²) in [5.41, 5.74) is 0.877. The monoisotopic (exact) mass is 236 g/mol. The number of pyridine rings is 1. The number of hydrogen-bond donors (Lipinski definition) is 1. The van der Waals surface area contributed by atoms with E-state index >= 15 is 0 Å². The molecule has 6 nitrogen and oxygen atoms in total. The molecule has 1 unspecified atom stereocenters. The quantitative estimate of drug-likeness (QED) is 0.617. The van der Waals surface area contributed by atoms with Crippen molar-refractivity contribution < 1.29 is 19.1 Å². The van der Waals surface area contributed by atoms with E-state index in [1.165, 1.54) is 7.11 Å². The van der Waals surface area contributed by atoms with Crippen molar-refractivity contribution in [2.45, 2.75) is 12.8 Å². The minimum atomic E-state index is -1.000. The smallest absolute Gasteiger partial charge is 0.324 e. The van der Waals surface area contributed by atoms with E-state index in [-0.39, 0.29) is 6.61 Å². The molecule has 0 bridgehead atoms. The number of amides is 1. The number of methoxy groups -OCH3 is 1. The zero-order chi connectivity index (χ0) is 12.4. The molecule has 1 aliphatic heterocycles. The van der Waals surface area contributed by atoms with Gasteiger partial charge in [-0.3, -0.25) is 9.59 Å². The van der Waals surface area contributed by atoms with E-state index in [9.17, 15) is 9.59 Å². The SMILES string of the molecule is CCOC(=O)C1C(=O)Nc2ccc(OC)nc21. The summed E-state index contributed by atoms with van der Waals surface area (Å²) < 4.78 is 9.81. The summed E-state index contributed by atoms with van der Waals surface area (Å²) in [4.78, 5) is 27.4. The molecule has 1 N–H and O–H groups in total. The second kappa shape index (κ2) is 4.40. The van der Waals surface area contributed by atoms with Gasteiger partial charge in [-0.1, -0.05) is 0 Å². The number of carbonyl (C=O) groups is 2. The zero-order valence-corrected chi connectivity index (χ0v) is 9.52. The number of esters is 1. The normalized spacial score (nSPS) is 17.3. The molecule has 0 saturated carbocycles. The third-order valence-corrected chi connectivity index (χ3v) is 2.42. The maximum atomic E-state index is 11.7. The fourth-order valence-electron chi connectivity index (χ4n) is 1.67. The van der Waals surface area contributed by atoms with Crippen molar-refractivity contribution in [3.8, 4) is 5.88 Å². The highest BCUT2D eigenvalue weighted by Crippen LogP contribution is 2.33. The molecule has 6 heteroatoms. The molecule has 2 heterocycles. The van der Waals surface area contributed by atoms with Crippen LogP contribution in [0.1, 0.15) is 18.5 Å². The average Bonchev–Trinajstić information content (AvgIpc) is 2.64. The van der Waals surface area contributed by atoms with Crippen LogP contribution in [0.25, 0.3) is 0 Å². The first-order valence-corrected chi connectivity index (χ1v) is 5.19. The first-order chi connectivity index (χ1) is 8.17. The van der Waals surface area contributed by atoms with Crippen LogP contribution >= 0.6 is 0 Å². The molecule has 0 aliphatic carbocycles. The Morgan fingerprint density at radius 3 is 2.94 bits per heavy atom. The summed E-state index contributed by atoms with van der Waals surface area (Å²) in [7, 11) is 1.47. The number of hydrogen-bond acceptors (Lipinski definition) is 5. The molecule has 2 rings (SSSR count). The largest absolute Gasteiger partial charge is 0.481 e. The van der Waals surface area contributed by atoms with Crippen molar-refractivity contribution in [1.29, 1.82) is 0 Å². The molecule has 0 radical (unpaired) electrons. The maximum absolute atomic E-state index is 11.7. The molecule has 17 heavy (non-hydrogen) atoms. The standard InChI is InChI=1S/C11H12N2O4/c1-3-17-11(15)8-9-6(12-10(8)14)4-5-7(13-9)16-2/h4-5,8H,3H2,1-2H3,(H,12,14). The predicted octanol–water partition coefficient (Wildman–Crippen LogP) is 0.689. The highest BCUT2D eigenvalue weighted by molar-refractivity contribution is 6.14. The number of ether oxygens (including phenoxy) is 2. The number of carbonyl (C=O) groups excluding carboxylic acids is 2. The Kier molecular flexibility index (Phi) is 2.95. The van der Waals surface area contributed by atoms with E-state index in [0.29, 0.717) is 17.3 Å². The number of rotatable bonds is 3. The predicted molar refractivity (Wildman–Crippen MR) is 58.8 cm³/mol. The molecule has 1 aliphatic rings. The molecule has 90 valence electrons. The highest BCUT2D eigenvalue weighted by atomic mass is 16.5. The molecule has 1 amide bonds. The summed E-state index contributed by atoms with van der Waals surface area (Å²) in [5, 5.41) is 2.58. The topological polar surface area (TPSA) is 77.5 Å². The molecule has 1 aromatic rings. The minimum Gasteiger partial charge on any atom is -0.481 e. The van der Waals surface area contributed by atoms with Gasteiger partial charge < -0.3 is 14.8 Å². The van der Waals surface area contributed by atoms with Crippen LogP contribution in [0.3, 0.4) is 0 Å². The fourth-order valence-corrected chi connectivity index (χ4v) is 1.67. The molecule has 0 saturated heterocycles. The minimum absolute atomic E-state index is 0.224. The summed E-state index contributed by atoms with van der Waals surface area (Å²) in [6.07, 6.45) is 0. The number of anilines is 1. The van der Waals surface area contributed by atoms with Crippen molar-refractivity contribution in [3.05, 3.63) is 17.8 Å². The van der Waals surface area contributed by atoms with Crippen LogP contribution in [0.2, 0.25) is 0 Å². The molecule has 1 aromatic heterocycles. The van der Waals surface area contributed by atoms with E-state index < -0.39 is 17.8 Å². The molecular formula is C11H12N2O4. The van der Waals surface area contributed by atoms with Gasteiger partial charge in [-0.15, -0.1) is 0 Å². The highest BCUT2D eigenvalue weighted by Gasteiger charge is 2.39. The van der Waals surface area contributed by atoms with Gasteiger partial charge >= 0.3 is 5.97 Å². The van der Waals surface area contributed by atoms with Gasteiger partial charge in [-0.05, 0) is 13.0 Å². The first-order valence-electron chi connectivity index (χ1n) is 5.19. The van der Waals surface area contributed by atoms with Crippen LogP contribution in [-0.4, -0.2) is 30.6 Å². The Morgan fingerprint density at radius 1 is 1.53 bits per heavy atom. The second-order valence-electron chi connectivity index (χ2n) is 3.46. The Balaban J connectivity index is 2.37. The van der Waals surface area contributed by atoms with E-state index in [0.717, 1.165) is 0 Å². The average molecular weight is 236 g/mol. The Labute approximate surface area is 97.9 Å². The summed E-state index contributed by atoms with van der Waals surface area (Å²) in [6, 6.07) is 3.27. The van der Waals surface area contributed by atoms with E-state index in [1.54, 1.807) is 19.1 Å². The van der Waals surface area contributed by atoms with Crippen LogP contribution in [0.15, 0.2) is 12.1 Å². The van der Waals surface area contributed by atoms with Crippen molar-refractivity contribution >= 4 is 17.6 Å². The fraction of sp³-hybridized carbons (Fsp3) is 0.364. The van der Waals surface area contributed by atoms with Crippen molar-refractivity contribution in [1.82, 2.24) is 4.98 Å². The van der Waals surface area contributed by atoms with Gasteiger partial charge in [-0.2, -0.15) is 0 Å². The molecule has 1 atom stereocenters. The van der Waals surface area contributed by atoms with Gasteiger partial charge in [0, 0.05) is 6.07 Å². The zero-order valence-electron chi connectivity index (χ0n) is 9.52. The van der Waals surface area contributed by atoms with Gasteiger partial charge in [-0.25, -0.2) is 4.98 Å². The molecular weight excluding hydrogens is 224 g/mol. The number of nitrogens with one attached hydrogen (secondary N) is 1. The van der Waals surface area contributed by atoms with Gasteiger partial charge in [0.05, 0.1) is 25.1 Å². The lowest BCUT2D eigenvalue weighted by atomic mass is 10.1. The third-order valence-electron chi connectivity index (χ3n) is 2.42. The Morgan fingerprint density at radius 2 is 2.29 bits per heavy atom. The summed E-state index contributed by atoms with van der Waals surface area (Å²) in [5.74, 6) is -1.65. The molecule has 0 fully saturated rings. The first kappa shape index (κ1) is 11.4. The van der Waals surface area contributed by atoms with Crippen molar-refractivity contribution in [3.63, 3.8) is 0 Å². The lowest BCUT2D eigenvalue weighted by Crippen LogP contribution is -2.23. The summed E-state index contributed by atoms with van der Waals surface area (Å²) in [6.45, 7) is 1.91. The van der Waals surface area contributed by atoms with E-state index in [4.69, 9.17) is 9.47 Å². The van der Waals surface area contributed by atoms with Gasteiger partial charge in [0.2, 0.25) is 11.8 Å². The van der Waals surface area contributed by atoms with E-state index in [2.05, 4.69) is 10.3 Å². The lowest BCUT2D eigenvalue weighted by Gasteiger charge is -2.07. The van der Waals surface area contributed by atoms with E-state index in [1.807, 2.05) is 0 Å². The van der Waals surface area contributed by atoms with Crippen LogP contribution in [0, 0.1) is 0 Å². The third kappa shape index (κ3) is 1.93. The Bertz CT molecular complexity index is 473. The van der Waals surface area contributed by atoms with Crippen LogP contribution in [0.4, 0.5) is 5.69 Å². The second-order valence-corrected chi connectivity index (χ2v) is 3.46. The van der Waals surface area contributed by atoms with Crippen LogP contribution in [-0.2, 0) is 14.3 Å². The maximum Gasteiger partial charge on any atom is 0.324 e. The number of aromatic nitrogens is 1. The van der Waals surface area contributed by atoms with Gasteiger partial charge in [0.1, 0.15) is 0 Å². The number of nitrogens with zero attached hydrogens (tertiary/aromatic N) is 1. The van der Waals surface area contributed by atoms with Gasteiger partial charge in [0.15, 0.2) is 5.92 Å². The Hall–Kier alpha value is -2.11. The van der Waals surface area contributed by atoms with Crippen LogP contribution in [0.5, 0.6) is 5.88 Å². The van der Waals surface area contributed by atoms with Crippen LogP contribution < -0.4 is 10.1 Å². The summed E-state index contributed by atoms with van der Waals surface area (Å²) >= 11 is 0. The molecule has 0 aromatic carbocycles. The van der Waals surface area contributed by atoms with Crippen molar-refractivity contribution in [2.75, 3.05) is 19.0 Å². The number of fused-ring (bicyclic) bond motifs is 1.